The van der Waals surface area contributed by atoms with Crippen molar-refractivity contribution in [3.8, 4) is 0 Å². The number of nitro groups is 1. The lowest BCUT2D eigenvalue weighted by Gasteiger charge is -2.31. The van der Waals surface area contributed by atoms with E-state index in [1.165, 1.54) is 38.5 Å². The van der Waals surface area contributed by atoms with Gasteiger partial charge in [0.15, 0.2) is 0 Å². The summed E-state index contributed by atoms with van der Waals surface area (Å²) in [5.74, 6) is 0. The van der Waals surface area contributed by atoms with Gasteiger partial charge in [0, 0.05) is 17.7 Å². The second-order valence-corrected chi connectivity index (χ2v) is 8.51. The Kier molecular flexibility index (Phi) is 5.36. The first-order valence-electron chi connectivity index (χ1n) is 8.50. The van der Waals surface area contributed by atoms with E-state index in [9.17, 15) is 18.5 Å². The smallest absolute Gasteiger partial charge is 0.270 e. The highest BCUT2D eigenvalue weighted by Gasteiger charge is 2.31. The molecule has 0 aromatic heterocycles. The first-order chi connectivity index (χ1) is 12.4. The zero-order valence-electron chi connectivity index (χ0n) is 14.6. The molecule has 1 aliphatic rings. The fourth-order valence-electron chi connectivity index (χ4n) is 3.24. The standard InChI is InChI=1S/C18H21N3O4S/c1-15-4-2-5-16(12-15)14-19-8-10-20(11-9-19)26(24,25)18-7-3-6-17(13-18)21(22)23/h2-7,12-13H,8-11,14H2,1H3/p+1. The summed E-state index contributed by atoms with van der Waals surface area (Å²) in [6.45, 7) is 5.16. The Balaban J connectivity index is 1.67. The number of rotatable bonds is 5. The van der Waals surface area contributed by atoms with Crippen LogP contribution in [0.5, 0.6) is 0 Å². The van der Waals surface area contributed by atoms with Crippen molar-refractivity contribution < 1.29 is 18.2 Å². The lowest BCUT2D eigenvalue weighted by Crippen LogP contribution is -3.13. The Hall–Kier alpha value is -2.29. The predicted molar refractivity (Wildman–Crippen MR) is 97.4 cm³/mol. The van der Waals surface area contributed by atoms with Crippen molar-refractivity contribution in [3.05, 3.63) is 69.8 Å². The topological polar surface area (TPSA) is 85.0 Å². The van der Waals surface area contributed by atoms with Crippen LogP contribution in [0.1, 0.15) is 11.1 Å². The average molecular weight is 376 g/mol. The van der Waals surface area contributed by atoms with Crippen LogP contribution in [0, 0.1) is 17.0 Å². The van der Waals surface area contributed by atoms with Crippen molar-refractivity contribution in [2.45, 2.75) is 18.4 Å². The van der Waals surface area contributed by atoms with Crippen LogP contribution in [0.2, 0.25) is 0 Å². The quantitative estimate of drug-likeness (QED) is 0.623. The summed E-state index contributed by atoms with van der Waals surface area (Å²) < 4.78 is 27.0. The van der Waals surface area contributed by atoms with Crippen LogP contribution in [0.15, 0.2) is 53.4 Å². The number of sulfonamides is 1. The van der Waals surface area contributed by atoms with E-state index < -0.39 is 14.9 Å². The third-order valence-corrected chi connectivity index (χ3v) is 6.53. The van der Waals surface area contributed by atoms with Gasteiger partial charge in [-0.05, 0) is 13.0 Å². The van der Waals surface area contributed by atoms with E-state index in [0.717, 1.165) is 12.6 Å². The van der Waals surface area contributed by atoms with Crippen molar-refractivity contribution in [2.75, 3.05) is 26.2 Å². The first-order valence-corrected chi connectivity index (χ1v) is 9.94. The third-order valence-electron chi connectivity index (χ3n) is 4.63. The lowest BCUT2D eigenvalue weighted by atomic mass is 10.1. The summed E-state index contributed by atoms with van der Waals surface area (Å²) in [6.07, 6.45) is 0. The van der Waals surface area contributed by atoms with Gasteiger partial charge in [-0.3, -0.25) is 10.1 Å². The van der Waals surface area contributed by atoms with Gasteiger partial charge in [-0.25, -0.2) is 8.42 Å². The molecule has 1 N–H and O–H groups in total. The van der Waals surface area contributed by atoms with E-state index in [2.05, 4.69) is 25.1 Å². The van der Waals surface area contributed by atoms with E-state index >= 15 is 0 Å². The highest BCUT2D eigenvalue weighted by atomic mass is 32.2. The Morgan fingerprint density at radius 2 is 1.81 bits per heavy atom. The highest BCUT2D eigenvalue weighted by molar-refractivity contribution is 7.89. The van der Waals surface area contributed by atoms with Crippen molar-refractivity contribution in [3.63, 3.8) is 0 Å². The monoisotopic (exact) mass is 376 g/mol. The predicted octanol–water partition coefficient (Wildman–Crippen LogP) is 0.993. The Bertz CT molecular complexity index is 906. The molecule has 1 saturated heterocycles. The second-order valence-electron chi connectivity index (χ2n) is 6.57. The third kappa shape index (κ3) is 4.09. The molecule has 3 rings (SSSR count). The summed E-state index contributed by atoms with van der Waals surface area (Å²) in [4.78, 5) is 11.6. The van der Waals surface area contributed by atoms with E-state index in [0.29, 0.717) is 26.2 Å². The summed E-state index contributed by atoms with van der Waals surface area (Å²) in [5, 5.41) is 10.9. The van der Waals surface area contributed by atoms with Crippen LogP contribution < -0.4 is 4.90 Å². The number of piperazine rings is 1. The number of benzene rings is 2. The van der Waals surface area contributed by atoms with E-state index in [4.69, 9.17) is 0 Å². The van der Waals surface area contributed by atoms with Crippen LogP contribution in [0.25, 0.3) is 0 Å². The molecule has 0 aliphatic carbocycles. The van der Waals surface area contributed by atoms with Crippen LogP contribution in [0.4, 0.5) is 5.69 Å². The first kappa shape index (κ1) is 18.5. The average Bonchev–Trinajstić information content (AvgIpc) is 2.62. The molecule has 0 radical (unpaired) electrons. The number of aryl methyl sites for hydroxylation is 1. The van der Waals surface area contributed by atoms with Crippen molar-refractivity contribution in [1.29, 1.82) is 0 Å². The number of hydrogen-bond acceptors (Lipinski definition) is 4. The SMILES string of the molecule is Cc1cccc(C[NH+]2CCN(S(=O)(=O)c3cccc([N+](=O)[O-])c3)CC2)c1. The Morgan fingerprint density at radius 1 is 1.12 bits per heavy atom. The van der Waals surface area contributed by atoms with Gasteiger partial charge in [-0.1, -0.05) is 35.9 Å². The molecular weight excluding hydrogens is 354 g/mol. The zero-order chi connectivity index (χ0) is 18.7. The van der Waals surface area contributed by atoms with Gasteiger partial charge in [-0.15, -0.1) is 0 Å². The largest absolute Gasteiger partial charge is 0.329 e. The zero-order valence-corrected chi connectivity index (χ0v) is 15.4. The van der Waals surface area contributed by atoms with Crippen LogP contribution in [-0.4, -0.2) is 43.8 Å². The number of nitro benzene ring substituents is 1. The fourth-order valence-corrected chi connectivity index (χ4v) is 4.72. The van der Waals surface area contributed by atoms with Crippen molar-refractivity contribution in [2.24, 2.45) is 0 Å². The summed E-state index contributed by atoms with van der Waals surface area (Å²) in [7, 11) is -3.71. The van der Waals surface area contributed by atoms with Crippen LogP contribution >= 0.6 is 0 Å². The molecule has 8 heteroatoms. The summed E-state index contributed by atoms with van der Waals surface area (Å²) >= 11 is 0. The minimum atomic E-state index is -3.71. The number of nitrogens with zero attached hydrogens (tertiary/aromatic N) is 2. The minimum Gasteiger partial charge on any atom is -0.329 e. The van der Waals surface area contributed by atoms with Crippen LogP contribution in [0.3, 0.4) is 0 Å². The van der Waals surface area contributed by atoms with Gasteiger partial charge in [0.1, 0.15) is 6.54 Å². The van der Waals surface area contributed by atoms with Crippen molar-refractivity contribution in [1.82, 2.24) is 4.31 Å². The molecule has 138 valence electrons. The molecule has 26 heavy (non-hydrogen) atoms. The normalized spacial score (nSPS) is 16.5. The highest BCUT2D eigenvalue weighted by Crippen LogP contribution is 2.20. The lowest BCUT2D eigenvalue weighted by molar-refractivity contribution is -0.917. The van der Waals surface area contributed by atoms with Gasteiger partial charge >= 0.3 is 0 Å². The molecule has 2 aromatic rings. The molecule has 1 fully saturated rings. The van der Waals surface area contributed by atoms with Gasteiger partial charge < -0.3 is 4.90 Å². The molecule has 1 aliphatic heterocycles. The van der Waals surface area contributed by atoms with Gasteiger partial charge in [0.25, 0.3) is 5.69 Å². The summed E-state index contributed by atoms with van der Waals surface area (Å²) in [6, 6.07) is 13.6. The summed E-state index contributed by atoms with van der Waals surface area (Å²) in [5.41, 5.74) is 2.25. The van der Waals surface area contributed by atoms with E-state index in [-0.39, 0.29) is 10.6 Å². The van der Waals surface area contributed by atoms with Gasteiger partial charge in [0.2, 0.25) is 10.0 Å². The molecule has 1 heterocycles. The van der Waals surface area contributed by atoms with Crippen LogP contribution in [-0.2, 0) is 16.6 Å². The number of hydrogen-bond donors (Lipinski definition) is 1. The Labute approximate surface area is 153 Å². The molecule has 7 nitrogen and oxygen atoms in total. The number of non-ortho nitro benzene ring substituents is 1. The molecule has 0 saturated carbocycles. The molecule has 0 amide bonds. The molecule has 0 bridgehead atoms. The van der Waals surface area contributed by atoms with Gasteiger partial charge in [-0.2, -0.15) is 4.31 Å². The minimum absolute atomic E-state index is 0.0196. The fraction of sp³-hybridized carbons (Fsp3) is 0.333. The van der Waals surface area contributed by atoms with E-state index in [1.54, 1.807) is 0 Å². The molecule has 0 unspecified atom stereocenters. The molecule has 0 atom stereocenters. The maximum Gasteiger partial charge on any atom is 0.270 e. The van der Waals surface area contributed by atoms with Gasteiger partial charge in [0.05, 0.1) is 36.0 Å². The van der Waals surface area contributed by atoms with E-state index in [1.807, 2.05) is 6.07 Å². The number of quaternary nitrogens is 1. The molecular formula is C18H22N3O4S+. The molecule has 2 aromatic carbocycles. The number of nitrogens with one attached hydrogen (secondary N) is 1. The maximum absolute atomic E-state index is 12.8. The van der Waals surface area contributed by atoms with Crippen molar-refractivity contribution >= 4 is 15.7 Å². The molecule has 0 spiro atoms. The maximum atomic E-state index is 12.8. The Morgan fingerprint density at radius 3 is 2.46 bits per heavy atom. The second kappa shape index (κ2) is 7.53.